The van der Waals surface area contributed by atoms with Crippen molar-refractivity contribution in [2.45, 2.75) is 32.4 Å². The summed E-state index contributed by atoms with van der Waals surface area (Å²) in [7, 11) is 1.70. The fourth-order valence-corrected chi connectivity index (χ4v) is 1.67. The molecule has 1 aromatic rings. The molecule has 3 heteroatoms. The van der Waals surface area contributed by atoms with Gasteiger partial charge in [0.2, 0.25) is 0 Å². The molecule has 0 bridgehead atoms. The Morgan fingerprint density at radius 3 is 2.94 bits per heavy atom. The molecule has 0 aliphatic carbocycles. The van der Waals surface area contributed by atoms with E-state index in [0.29, 0.717) is 12.6 Å². The fourth-order valence-electron chi connectivity index (χ4n) is 1.67. The smallest absolute Gasteiger partial charge is 0.0713 e. The molecule has 3 nitrogen and oxygen atoms in total. The van der Waals surface area contributed by atoms with Crippen LogP contribution in [0.2, 0.25) is 0 Å². The van der Waals surface area contributed by atoms with Crippen LogP contribution in [0.4, 0.5) is 5.69 Å². The van der Waals surface area contributed by atoms with Crippen molar-refractivity contribution in [2.75, 3.05) is 19.0 Å². The van der Waals surface area contributed by atoms with Gasteiger partial charge in [0, 0.05) is 25.4 Å². The van der Waals surface area contributed by atoms with E-state index in [1.54, 1.807) is 7.11 Å². The molecule has 16 heavy (non-hydrogen) atoms. The quantitative estimate of drug-likeness (QED) is 0.746. The molecule has 90 valence electrons. The molecule has 0 aromatic heterocycles. The van der Waals surface area contributed by atoms with E-state index in [4.69, 9.17) is 9.84 Å². The van der Waals surface area contributed by atoms with Crippen LogP contribution in [0.25, 0.3) is 0 Å². The van der Waals surface area contributed by atoms with E-state index in [9.17, 15) is 0 Å². The first-order valence-electron chi connectivity index (χ1n) is 5.71. The van der Waals surface area contributed by atoms with E-state index >= 15 is 0 Å². The zero-order valence-corrected chi connectivity index (χ0v) is 10.1. The number of hydrogen-bond donors (Lipinski definition) is 2. The third-order valence-electron chi connectivity index (χ3n) is 2.45. The number of ether oxygens (including phenoxy) is 1. The number of nitrogens with one attached hydrogen (secondary N) is 1. The molecule has 1 rings (SSSR count). The van der Waals surface area contributed by atoms with E-state index in [1.165, 1.54) is 5.56 Å². The summed E-state index contributed by atoms with van der Waals surface area (Å²) in [6, 6.07) is 8.60. The van der Waals surface area contributed by atoms with Gasteiger partial charge in [0.1, 0.15) is 0 Å². The van der Waals surface area contributed by atoms with Crippen LogP contribution in [0, 0.1) is 0 Å². The van der Waals surface area contributed by atoms with E-state index in [1.807, 2.05) is 12.1 Å². The first kappa shape index (κ1) is 13.0. The Kier molecular flexibility index (Phi) is 5.90. The molecular formula is C13H21NO2. The summed E-state index contributed by atoms with van der Waals surface area (Å²) in [5.41, 5.74) is 2.28. The van der Waals surface area contributed by atoms with Crippen LogP contribution in [0.5, 0.6) is 0 Å². The van der Waals surface area contributed by atoms with Crippen molar-refractivity contribution in [2.24, 2.45) is 0 Å². The van der Waals surface area contributed by atoms with E-state index in [0.717, 1.165) is 18.5 Å². The highest BCUT2D eigenvalue weighted by molar-refractivity contribution is 5.46. The highest BCUT2D eigenvalue weighted by Gasteiger charge is 2.02. The van der Waals surface area contributed by atoms with Crippen LogP contribution in [-0.2, 0) is 11.3 Å². The average Bonchev–Trinajstić information content (AvgIpc) is 2.27. The minimum Gasteiger partial charge on any atom is -0.396 e. The molecule has 0 fully saturated rings. The zero-order chi connectivity index (χ0) is 11.8. The van der Waals surface area contributed by atoms with E-state index in [2.05, 4.69) is 24.4 Å². The maximum absolute atomic E-state index is 8.75. The number of aliphatic hydroxyl groups excluding tert-OH is 1. The lowest BCUT2D eigenvalue weighted by atomic mass is 10.1. The SMILES string of the molecule is COCc1cccc(NC(C)CCCO)c1. The monoisotopic (exact) mass is 223 g/mol. The van der Waals surface area contributed by atoms with Gasteiger partial charge in [0.05, 0.1) is 6.61 Å². The minimum atomic E-state index is 0.260. The van der Waals surface area contributed by atoms with E-state index in [-0.39, 0.29) is 6.61 Å². The summed E-state index contributed by atoms with van der Waals surface area (Å²) in [5.74, 6) is 0. The predicted molar refractivity (Wildman–Crippen MR) is 66.6 cm³/mol. The standard InChI is InChI=1S/C13H21NO2/c1-11(5-4-8-15)14-13-7-3-6-12(9-13)10-16-2/h3,6-7,9,11,14-15H,4-5,8,10H2,1-2H3. The maximum Gasteiger partial charge on any atom is 0.0713 e. The number of aliphatic hydroxyl groups is 1. The fraction of sp³-hybridized carbons (Fsp3) is 0.538. The van der Waals surface area contributed by atoms with Gasteiger partial charge >= 0.3 is 0 Å². The molecular weight excluding hydrogens is 202 g/mol. The lowest BCUT2D eigenvalue weighted by molar-refractivity contribution is 0.185. The number of methoxy groups -OCH3 is 1. The molecule has 1 atom stereocenters. The summed E-state index contributed by atoms with van der Waals surface area (Å²) in [4.78, 5) is 0. The third kappa shape index (κ3) is 4.64. The molecule has 0 amide bonds. The molecule has 0 spiro atoms. The molecule has 0 radical (unpaired) electrons. The van der Waals surface area contributed by atoms with Gasteiger partial charge in [-0.25, -0.2) is 0 Å². The van der Waals surface area contributed by atoms with Crippen molar-refractivity contribution >= 4 is 5.69 Å². The number of benzene rings is 1. The van der Waals surface area contributed by atoms with Crippen molar-refractivity contribution in [3.05, 3.63) is 29.8 Å². The van der Waals surface area contributed by atoms with Crippen molar-refractivity contribution < 1.29 is 9.84 Å². The second-order valence-corrected chi connectivity index (χ2v) is 4.04. The summed E-state index contributed by atoms with van der Waals surface area (Å²) in [6.45, 7) is 3.02. The van der Waals surface area contributed by atoms with Crippen LogP contribution in [0.15, 0.2) is 24.3 Å². The van der Waals surface area contributed by atoms with Crippen molar-refractivity contribution in [3.8, 4) is 0 Å². The zero-order valence-electron chi connectivity index (χ0n) is 10.1. The first-order valence-corrected chi connectivity index (χ1v) is 5.71. The Hall–Kier alpha value is -1.06. The highest BCUT2D eigenvalue weighted by atomic mass is 16.5. The van der Waals surface area contributed by atoms with E-state index < -0.39 is 0 Å². The Bertz CT molecular complexity index is 302. The van der Waals surface area contributed by atoms with Crippen LogP contribution in [0.1, 0.15) is 25.3 Å². The second-order valence-electron chi connectivity index (χ2n) is 4.04. The van der Waals surface area contributed by atoms with Gasteiger partial charge in [-0.2, -0.15) is 0 Å². The molecule has 2 N–H and O–H groups in total. The summed E-state index contributed by atoms with van der Waals surface area (Å²) >= 11 is 0. The summed E-state index contributed by atoms with van der Waals surface area (Å²) < 4.78 is 5.09. The van der Waals surface area contributed by atoms with Gasteiger partial charge in [0.15, 0.2) is 0 Å². The summed E-state index contributed by atoms with van der Waals surface area (Å²) in [6.07, 6.45) is 1.82. The largest absolute Gasteiger partial charge is 0.396 e. The van der Waals surface area contributed by atoms with Gasteiger partial charge in [-0.05, 0) is 37.5 Å². The number of anilines is 1. The Balaban J connectivity index is 2.49. The van der Waals surface area contributed by atoms with Gasteiger partial charge < -0.3 is 15.2 Å². The average molecular weight is 223 g/mol. The normalized spacial score (nSPS) is 12.4. The Morgan fingerprint density at radius 2 is 2.25 bits per heavy atom. The molecule has 1 unspecified atom stereocenters. The lowest BCUT2D eigenvalue weighted by Gasteiger charge is -2.15. The first-order chi connectivity index (χ1) is 7.76. The van der Waals surface area contributed by atoms with Gasteiger partial charge in [-0.15, -0.1) is 0 Å². The second kappa shape index (κ2) is 7.25. The third-order valence-corrected chi connectivity index (χ3v) is 2.45. The number of rotatable bonds is 7. The molecule has 1 aromatic carbocycles. The van der Waals surface area contributed by atoms with Crippen LogP contribution < -0.4 is 5.32 Å². The van der Waals surface area contributed by atoms with Crippen LogP contribution in [-0.4, -0.2) is 24.9 Å². The predicted octanol–water partition coefficient (Wildman–Crippen LogP) is 2.41. The van der Waals surface area contributed by atoms with Crippen LogP contribution >= 0.6 is 0 Å². The molecule has 0 aliphatic heterocycles. The van der Waals surface area contributed by atoms with Crippen LogP contribution in [0.3, 0.4) is 0 Å². The van der Waals surface area contributed by atoms with Gasteiger partial charge in [-0.1, -0.05) is 12.1 Å². The highest BCUT2D eigenvalue weighted by Crippen LogP contribution is 2.13. The summed E-state index contributed by atoms with van der Waals surface area (Å²) in [5, 5.41) is 12.2. The maximum atomic E-state index is 8.75. The van der Waals surface area contributed by atoms with Crippen molar-refractivity contribution in [1.82, 2.24) is 0 Å². The molecule has 0 saturated carbocycles. The molecule has 0 aliphatic rings. The van der Waals surface area contributed by atoms with Crippen molar-refractivity contribution in [1.29, 1.82) is 0 Å². The van der Waals surface area contributed by atoms with Gasteiger partial charge in [-0.3, -0.25) is 0 Å². The van der Waals surface area contributed by atoms with Crippen molar-refractivity contribution in [3.63, 3.8) is 0 Å². The molecule has 0 saturated heterocycles. The lowest BCUT2D eigenvalue weighted by Crippen LogP contribution is -2.15. The molecule has 0 heterocycles. The van der Waals surface area contributed by atoms with Gasteiger partial charge in [0.25, 0.3) is 0 Å². The Morgan fingerprint density at radius 1 is 1.44 bits per heavy atom. The number of hydrogen-bond acceptors (Lipinski definition) is 3. The topological polar surface area (TPSA) is 41.5 Å². The Labute approximate surface area is 97.4 Å². The minimum absolute atomic E-state index is 0.260.